The van der Waals surface area contributed by atoms with Crippen LogP contribution in [0.15, 0.2) is 103 Å². The number of hydrogen-bond donors (Lipinski definition) is 1. The van der Waals surface area contributed by atoms with Gasteiger partial charge in [0.2, 0.25) is 0 Å². The number of aromatic nitrogens is 2. The fourth-order valence-electron chi connectivity index (χ4n) is 4.35. The molecule has 5 rings (SSSR count). The number of benzene rings is 4. The van der Waals surface area contributed by atoms with Crippen LogP contribution in [-0.4, -0.2) is 34.6 Å². The molecule has 0 aliphatic carbocycles. The number of para-hydroxylation sites is 1. The summed E-state index contributed by atoms with van der Waals surface area (Å²) in [6.07, 6.45) is 0. The second-order valence-electron chi connectivity index (χ2n) is 8.65. The fourth-order valence-corrected chi connectivity index (χ4v) is 4.35. The SMILES string of the molecule is COc1ccccc1Cn1nc(-c2cc(-c3ccccc3)ccc2OCC(=O)O)cc1-c1cccc(F)c1. The number of aliphatic carboxylic acids is 1. The van der Waals surface area contributed by atoms with E-state index < -0.39 is 12.6 Å². The van der Waals surface area contributed by atoms with Gasteiger partial charge >= 0.3 is 5.97 Å². The molecule has 190 valence electrons. The lowest BCUT2D eigenvalue weighted by atomic mass is 10.0. The Morgan fingerprint density at radius 3 is 2.37 bits per heavy atom. The fraction of sp³-hybridized carbons (Fsp3) is 0.0968. The zero-order valence-electron chi connectivity index (χ0n) is 20.7. The van der Waals surface area contributed by atoms with Crippen LogP contribution in [0.3, 0.4) is 0 Å². The number of carboxylic acids is 1. The van der Waals surface area contributed by atoms with Crippen LogP contribution in [0.5, 0.6) is 11.5 Å². The highest BCUT2D eigenvalue weighted by atomic mass is 19.1. The molecule has 7 heteroatoms. The third-order valence-corrected chi connectivity index (χ3v) is 6.13. The standard InChI is InChI=1S/C31H25FN2O4/c1-37-29-13-6-5-10-24(29)19-34-28(23-11-7-12-25(32)16-23)18-27(33-34)26-17-22(21-8-3-2-4-9-21)14-15-30(26)38-20-31(35)36/h2-18H,19-20H2,1H3,(H,35,36). The maximum absolute atomic E-state index is 14.2. The molecule has 0 spiro atoms. The van der Waals surface area contributed by atoms with Crippen molar-refractivity contribution in [2.75, 3.05) is 13.7 Å². The summed E-state index contributed by atoms with van der Waals surface area (Å²) in [5.74, 6) is -0.331. The molecule has 1 N–H and O–H groups in total. The van der Waals surface area contributed by atoms with Crippen molar-refractivity contribution in [3.8, 4) is 45.1 Å². The van der Waals surface area contributed by atoms with Crippen LogP contribution in [-0.2, 0) is 11.3 Å². The topological polar surface area (TPSA) is 73.6 Å². The molecule has 0 amide bonds. The Morgan fingerprint density at radius 1 is 0.842 bits per heavy atom. The van der Waals surface area contributed by atoms with Crippen LogP contribution in [0.2, 0.25) is 0 Å². The molecule has 0 fully saturated rings. The molecule has 0 saturated carbocycles. The molecule has 0 aliphatic heterocycles. The quantitative estimate of drug-likeness (QED) is 0.245. The highest BCUT2D eigenvalue weighted by Crippen LogP contribution is 2.36. The molecule has 1 aromatic heterocycles. The molecular formula is C31H25FN2O4. The predicted octanol–water partition coefficient (Wildman–Crippen LogP) is 6.54. The Bertz CT molecular complexity index is 1580. The van der Waals surface area contributed by atoms with E-state index in [1.54, 1.807) is 23.9 Å². The molecule has 6 nitrogen and oxygen atoms in total. The lowest BCUT2D eigenvalue weighted by Gasteiger charge is -2.12. The molecule has 5 aromatic rings. The van der Waals surface area contributed by atoms with Gasteiger partial charge in [-0.15, -0.1) is 0 Å². The zero-order valence-corrected chi connectivity index (χ0v) is 20.7. The number of halogens is 1. The van der Waals surface area contributed by atoms with Crippen molar-refractivity contribution in [2.45, 2.75) is 6.54 Å². The summed E-state index contributed by atoms with van der Waals surface area (Å²) in [6, 6.07) is 31.2. The van der Waals surface area contributed by atoms with Crippen LogP contribution in [0.1, 0.15) is 5.56 Å². The Morgan fingerprint density at radius 2 is 1.61 bits per heavy atom. The number of hydrogen-bond acceptors (Lipinski definition) is 4. The van der Waals surface area contributed by atoms with Gasteiger partial charge in [-0.25, -0.2) is 9.18 Å². The van der Waals surface area contributed by atoms with Crippen LogP contribution < -0.4 is 9.47 Å². The minimum absolute atomic E-state index is 0.356. The highest BCUT2D eigenvalue weighted by molar-refractivity contribution is 5.79. The number of nitrogens with zero attached hydrogens (tertiary/aromatic N) is 2. The van der Waals surface area contributed by atoms with Gasteiger partial charge in [0, 0.05) is 16.7 Å². The Hall–Kier alpha value is -4.91. The molecule has 4 aromatic carbocycles. The van der Waals surface area contributed by atoms with E-state index in [-0.39, 0.29) is 5.82 Å². The van der Waals surface area contributed by atoms with Gasteiger partial charge in [-0.2, -0.15) is 5.10 Å². The first-order valence-corrected chi connectivity index (χ1v) is 12.0. The average molecular weight is 509 g/mol. The molecule has 0 saturated heterocycles. The maximum Gasteiger partial charge on any atom is 0.341 e. The van der Waals surface area contributed by atoms with E-state index in [0.717, 1.165) is 16.7 Å². The summed E-state index contributed by atoms with van der Waals surface area (Å²) in [7, 11) is 1.61. The van der Waals surface area contributed by atoms with Crippen molar-refractivity contribution in [1.82, 2.24) is 9.78 Å². The van der Waals surface area contributed by atoms with Crippen LogP contribution >= 0.6 is 0 Å². The minimum Gasteiger partial charge on any atom is -0.496 e. The van der Waals surface area contributed by atoms with Crippen molar-refractivity contribution in [1.29, 1.82) is 0 Å². The molecule has 0 radical (unpaired) electrons. The maximum atomic E-state index is 14.2. The number of ether oxygens (including phenoxy) is 2. The lowest BCUT2D eigenvalue weighted by molar-refractivity contribution is -0.139. The lowest BCUT2D eigenvalue weighted by Crippen LogP contribution is -2.10. The van der Waals surface area contributed by atoms with Crippen LogP contribution in [0, 0.1) is 5.82 Å². The molecular weight excluding hydrogens is 483 g/mol. The summed E-state index contributed by atoms with van der Waals surface area (Å²) < 4.78 is 27.2. The predicted molar refractivity (Wildman–Crippen MR) is 144 cm³/mol. The summed E-state index contributed by atoms with van der Waals surface area (Å²) >= 11 is 0. The Kier molecular flexibility index (Phi) is 7.17. The molecule has 38 heavy (non-hydrogen) atoms. The summed E-state index contributed by atoms with van der Waals surface area (Å²) in [5.41, 5.74) is 5.38. The number of carboxylic acid groups (broad SMARTS) is 1. The molecule has 0 atom stereocenters. The van der Waals surface area contributed by atoms with Crippen molar-refractivity contribution < 1.29 is 23.8 Å². The van der Waals surface area contributed by atoms with E-state index in [4.69, 9.17) is 14.6 Å². The Labute approximate surface area is 219 Å². The average Bonchev–Trinajstić information content (AvgIpc) is 3.36. The largest absolute Gasteiger partial charge is 0.496 e. The third kappa shape index (κ3) is 5.42. The van der Waals surface area contributed by atoms with E-state index in [1.807, 2.05) is 78.9 Å². The molecule has 1 heterocycles. The van der Waals surface area contributed by atoms with Gasteiger partial charge in [0.25, 0.3) is 0 Å². The van der Waals surface area contributed by atoms with Gasteiger partial charge in [-0.1, -0.05) is 66.7 Å². The van der Waals surface area contributed by atoms with Gasteiger partial charge < -0.3 is 14.6 Å². The molecule has 0 unspecified atom stereocenters. The summed E-state index contributed by atoms with van der Waals surface area (Å²) in [6.45, 7) is -0.115. The number of carbonyl (C=O) groups is 1. The van der Waals surface area contributed by atoms with Crippen LogP contribution in [0.25, 0.3) is 33.6 Å². The first-order valence-electron chi connectivity index (χ1n) is 12.0. The van der Waals surface area contributed by atoms with E-state index >= 15 is 0 Å². The number of methoxy groups -OCH3 is 1. The first-order chi connectivity index (χ1) is 18.5. The van der Waals surface area contributed by atoms with Gasteiger partial charge in [-0.05, 0) is 47.5 Å². The van der Waals surface area contributed by atoms with E-state index in [2.05, 4.69) is 0 Å². The third-order valence-electron chi connectivity index (χ3n) is 6.13. The van der Waals surface area contributed by atoms with Crippen LogP contribution in [0.4, 0.5) is 4.39 Å². The van der Waals surface area contributed by atoms with E-state index in [1.165, 1.54) is 12.1 Å². The van der Waals surface area contributed by atoms with E-state index in [0.29, 0.717) is 40.6 Å². The first kappa shape index (κ1) is 24.8. The van der Waals surface area contributed by atoms with E-state index in [9.17, 15) is 14.3 Å². The van der Waals surface area contributed by atoms with Gasteiger partial charge in [0.15, 0.2) is 6.61 Å². The monoisotopic (exact) mass is 508 g/mol. The second-order valence-corrected chi connectivity index (χ2v) is 8.65. The summed E-state index contributed by atoms with van der Waals surface area (Å²) in [5, 5.41) is 14.1. The normalized spacial score (nSPS) is 10.8. The second kappa shape index (κ2) is 11.0. The van der Waals surface area contributed by atoms with Gasteiger partial charge in [0.1, 0.15) is 17.3 Å². The molecule has 0 bridgehead atoms. The molecule has 0 aliphatic rings. The number of rotatable bonds is 9. The van der Waals surface area contributed by atoms with Crippen molar-refractivity contribution in [3.63, 3.8) is 0 Å². The van der Waals surface area contributed by atoms with Gasteiger partial charge in [-0.3, -0.25) is 4.68 Å². The summed E-state index contributed by atoms with van der Waals surface area (Å²) in [4.78, 5) is 11.3. The van der Waals surface area contributed by atoms with Crippen molar-refractivity contribution in [2.24, 2.45) is 0 Å². The highest BCUT2D eigenvalue weighted by Gasteiger charge is 2.18. The Balaban J connectivity index is 1.66. The minimum atomic E-state index is -1.08. The van der Waals surface area contributed by atoms with Crippen molar-refractivity contribution in [3.05, 3.63) is 115 Å². The van der Waals surface area contributed by atoms with Gasteiger partial charge in [0.05, 0.1) is 25.0 Å². The zero-order chi connectivity index (χ0) is 26.5. The smallest absolute Gasteiger partial charge is 0.341 e. The van der Waals surface area contributed by atoms with Crippen molar-refractivity contribution >= 4 is 5.97 Å².